The Kier molecular flexibility index (Phi) is 3.57. The van der Waals surface area contributed by atoms with Crippen molar-refractivity contribution in [1.29, 1.82) is 0 Å². The summed E-state index contributed by atoms with van der Waals surface area (Å²) >= 11 is 0. The highest BCUT2D eigenvalue weighted by Gasteiger charge is 2.41. The molecular weight excluding hydrogens is 258 g/mol. The molecule has 2 rings (SSSR count). The topological polar surface area (TPSA) is 84.7 Å². The molecule has 0 bridgehead atoms. The molecule has 108 valence electrons. The molecule has 1 fully saturated rings. The summed E-state index contributed by atoms with van der Waals surface area (Å²) in [4.78, 5) is 25.3. The number of anilines is 2. The third-order valence-electron chi connectivity index (χ3n) is 3.32. The van der Waals surface area contributed by atoms with Crippen molar-refractivity contribution < 1.29 is 14.3 Å². The standard InChI is InChI=1S/C14H19N3O3/c1-4-20-11-6-9(15)5-10(7-11)17-8-12(18)16-13(19)14(17,2)3/h5-7H,4,8,15H2,1-3H3,(H,16,18,19). The first kappa shape index (κ1) is 14.2. The van der Waals surface area contributed by atoms with Crippen molar-refractivity contribution in [3.63, 3.8) is 0 Å². The maximum Gasteiger partial charge on any atom is 0.251 e. The van der Waals surface area contributed by atoms with Gasteiger partial charge < -0.3 is 15.4 Å². The Hall–Kier alpha value is -2.24. The number of nitrogen functional groups attached to an aromatic ring is 1. The van der Waals surface area contributed by atoms with E-state index in [9.17, 15) is 9.59 Å². The zero-order chi connectivity index (χ0) is 14.9. The molecule has 0 aliphatic carbocycles. The van der Waals surface area contributed by atoms with Crippen molar-refractivity contribution in [3.05, 3.63) is 18.2 Å². The molecule has 0 aromatic heterocycles. The lowest BCUT2D eigenvalue weighted by Gasteiger charge is -2.41. The predicted octanol–water partition coefficient (Wildman–Crippen LogP) is 0.909. The van der Waals surface area contributed by atoms with Crippen LogP contribution in [0.4, 0.5) is 11.4 Å². The molecule has 3 N–H and O–H groups in total. The van der Waals surface area contributed by atoms with Crippen LogP contribution in [0.5, 0.6) is 5.75 Å². The van der Waals surface area contributed by atoms with Crippen LogP contribution in [-0.4, -0.2) is 30.5 Å². The second-order valence-electron chi connectivity index (χ2n) is 5.22. The third kappa shape index (κ3) is 2.54. The van der Waals surface area contributed by atoms with E-state index in [1.807, 2.05) is 6.92 Å². The van der Waals surface area contributed by atoms with Crippen molar-refractivity contribution in [2.45, 2.75) is 26.3 Å². The van der Waals surface area contributed by atoms with Crippen LogP contribution >= 0.6 is 0 Å². The summed E-state index contributed by atoms with van der Waals surface area (Å²) in [6.07, 6.45) is 0. The predicted molar refractivity (Wildman–Crippen MR) is 76.6 cm³/mol. The zero-order valence-corrected chi connectivity index (χ0v) is 11.9. The van der Waals surface area contributed by atoms with Crippen LogP contribution in [0, 0.1) is 0 Å². The first-order valence-corrected chi connectivity index (χ1v) is 6.50. The van der Waals surface area contributed by atoms with E-state index in [0.29, 0.717) is 23.7 Å². The number of rotatable bonds is 3. The maximum atomic E-state index is 12.0. The largest absolute Gasteiger partial charge is 0.494 e. The highest BCUT2D eigenvalue weighted by Crippen LogP contribution is 2.31. The van der Waals surface area contributed by atoms with Crippen LogP contribution in [0.3, 0.4) is 0 Å². The summed E-state index contributed by atoms with van der Waals surface area (Å²) in [5, 5.41) is 2.34. The van der Waals surface area contributed by atoms with E-state index < -0.39 is 5.54 Å². The lowest BCUT2D eigenvalue weighted by molar-refractivity contribution is -0.135. The van der Waals surface area contributed by atoms with E-state index >= 15 is 0 Å². The smallest absolute Gasteiger partial charge is 0.251 e. The minimum Gasteiger partial charge on any atom is -0.494 e. The molecule has 0 radical (unpaired) electrons. The van der Waals surface area contributed by atoms with Crippen LogP contribution in [0.25, 0.3) is 0 Å². The van der Waals surface area contributed by atoms with Gasteiger partial charge in [-0.25, -0.2) is 0 Å². The molecule has 6 heteroatoms. The number of ether oxygens (including phenoxy) is 1. The highest BCUT2D eigenvalue weighted by molar-refractivity contribution is 6.06. The van der Waals surface area contributed by atoms with E-state index in [1.54, 1.807) is 36.9 Å². The first-order chi connectivity index (χ1) is 9.34. The van der Waals surface area contributed by atoms with Gasteiger partial charge in [-0.3, -0.25) is 14.9 Å². The molecule has 1 aliphatic heterocycles. The fraction of sp³-hybridized carbons (Fsp3) is 0.429. The third-order valence-corrected chi connectivity index (χ3v) is 3.32. The van der Waals surface area contributed by atoms with E-state index in [4.69, 9.17) is 10.5 Å². The number of hydrogen-bond donors (Lipinski definition) is 2. The Morgan fingerprint density at radius 3 is 2.70 bits per heavy atom. The lowest BCUT2D eigenvalue weighted by atomic mass is 9.97. The number of carbonyl (C=O) groups is 2. The number of hydrogen-bond acceptors (Lipinski definition) is 5. The first-order valence-electron chi connectivity index (χ1n) is 6.50. The van der Waals surface area contributed by atoms with Gasteiger partial charge in [0.05, 0.1) is 13.2 Å². The number of carbonyl (C=O) groups excluding carboxylic acids is 2. The monoisotopic (exact) mass is 277 g/mol. The van der Waals surface area contributed by atoms with Gasteiger partial charge in [0.2, 0.25) is 5.91 Å². The van der Waals surface area contributed by atoms with Gasteiger partial charge in [0.25, 0.3) is 5.91 Å². The van der Waals surface area contributed by atoms with Gasteiger partial charge in [-0.2, -0.15) is 0 Å². The van der Waals surface area contributed by atoms with Crippen LogP contribution in [0.1, 0.15) is 20.8 Å². The van der Waals surface area contributed by atoms with Gasteiger partial charge in [0, 0.05) is 23.5 Å². The fourth-order valence-corrected chi connectivity index (χ4v) is 2.21. The second kappa shape index (κ2) is 5.03. The van der Waals surface area contributed by atoms with Gasteiger partial charge >= 0.3 is 0 Å². The van der Waals surface area contributed by atoms with Gasteiger partial charge in [0.1, 0.15) is 11.3 Å². The number of imide groups is 1. The Balaban J connectivity index is 2.42. The molecule has 0 unspecified atom stereocenters. The molecule has 1 aliphatic rings. The maximum absolute atomic E-state index is 12.0. The molecule has 20 heavy (non-hydrogen) atoms. The molecule has 1 heterocycles. The molecule has 0 atom stereocenters. The van der Waals surface area contributed by atoms with Crippen LogP contribution in [-0.2, 0) is 9.59 Å². The molecule has 0 spiro atoms. The summed E-state index contributed by atoms with van der Waals surface area (Å²) in [6.45, 7) is 6.03. The average molecular weight is 277 g/mol. The quantitative estimate of drug-likeness (QED) is 0.633. The Morgan fingerprint density at radius 1 is 1.35 bits per heavy atom. The summed E-state index contributed by atoms with van der Waals surface area (Å²) in [6, 6.07) is 5.23. The molecule has 1 aromatic carbocycles. The molecule has 2 amide bonds. The SMILES string of the molecule is CCOc1cc(N)cc(N2CC(=O)NC(=O)C2(C)C)c1. The van der Waals surface area contributed by atoms with Crippen molar-refractivity contribution in [3.8, 4) is 5.75 Å². The van der Waals surface area contributed by atoms with E-state index in [-0.39, 0.29) is 18.4 Å². The van der Waals surface area contributed by atoms with E-state index in [2.05, 4.69) is 5.32 Å². The Labute approximate surface area is 117 Å². The van der Waals surface area contributed by atoms with Gasteiger partial charge in [0.15, 0.2) is 0 Å². The van der Waals surface area contributed by atoms with Crippen LogP contribution in [0.15, 0.2) is 18.2 Å². The average Bonchev–Trinajstić information content (AvgIpc) is 2.33. The Bertz CT molecular complexity index is 555. The minimum atomic E-state index is -0.828. The second-order valence-corrected chi connectivity index (χ2v) is 5.22. The highest BCUT2D eigenvalue weighted by atomic mass is 16.5. The van der Waals surface area contributed by atoms with E-state index in [1.165, 1.54) is 0 Å². The van der Waals surface area contributed by atoms with Crippen LogP contribution in [0.2, 0.25) is 0 Å². The summed E-state index contributed by atoms with van der Waals surface area (Å²) in [7, 11) is 0. The number of nitrogens with one attached hydrogen (secondary N) is 1. The molecule has 6 nitrogen and oxygen atoms in total. The van der Waals surface area contributed by atoms with Crippen LogP contribution < -0.4 is 20.7 Å². The number of benzene rings is 1. The van der Waals surface area contributed by atoms with Crippen molar-refractivity contribution in [1.82, 2.24) is 5.32 Å². The lowest BCUT2D eigenvalue weighted by Crippen LogP contribution is -2.64. The number of amides is 2. The number of nitrogens with zero attached hydrogens (tertiary/aromatic N) is 1. The van der Waals surface area contributed by atoms with Crippen molar-refractivity contribution in [2.75, 3.05) is 23.8 Å². The van der Waals surface area contributed by atoms with Gasteiger partial charge in [-0.05, 0) is 26.8 Å². The number of piperazine rings is 1. The molecule has 0 saturated carbocycles. The van der Waals surface area contributed by atoms with E-state index in [0.717, 1.165) is 0 Å². The fourth-order valence-electron chi connectivity index (χ4n) is 2.21. The van der Waals surface area contributed by atoms with Crippen molar-refractivity contribution >= 4 is 23.2 Å². The molecule has 1 saturated heterocycles. The number of nitrogens with two attached hydrogens (primary N) is 1. The van der Waals surface area contributed by atoms with Gasteiger partial charge in [-0.15, -0.1) is 0 Å². The molecule has 1 aromatic rings. The molecular formula is C14H19N3O3. The minimum absolute atomic E-state index is 0.105. The Morgan fingerprint density at radius 2 is 2.05 bits per heavy atom. The summed E-state index contributed by atoms with van der Waals surface area (Å²) < 4.78 is 5.45. The van der Waals surface area contributed by atoms with Crippen molar-refractivity contribution in [2.24, 2.45) is 0 Å². The van der Waals surface area contributed by atoms with Gasteiger partial charge in [-0.1, -0.05) is 0 Å². The summed E-state index contributed by atoms with van der Waals surface area (Å²) in [5.41, 5.74) is 6.26. The summed E-state index contributed by atoms with van der Waals surface area (Å²) in [5.74, 6) is -0.0272. The zero-order valence-electron chi connectivity index (χ0n) is 11.9. The normalized spacial score (nSPS) is 17.9.